The van der Waals surface area contributed by atoms with E-state index in [0.29, 0.717) is 29.8 Å². The highest BCUT2D eigenvalue weighted by Gasteiger charge is 2.38. The maximum atomic E-state index is 14.2. The smallest absolute Gasteiger partial charge is 0.408 e. The molecule has 2 aromatic rings. The second-order valence-corrected chi connectivity index (χ2v) is 10.6. The topological polar surface area (TPSA) is 117 Å². The maximum absolute atomic E-state index is 14.2. The predicted octanol–water partition coefficient (Wildman–Crippen LogP) is 5.65. The monoisotopic (exact) mass is 541 g/mol. The molecular formula is C30H43N3O6. The number of carbonyl (C=O) groups excluding carboxylic acids is 3. The first-order chi connectivity index (χ1) is 18.4. The largest absolute Gasteiger partial charge is 0.508 e. The van der Waals surface area contributed by atoms with Crippen molar-refractivity contribution in [1.29, 1.82) is 0 Å². The van der Waals surface area contributed by atoms with Crippen molar-refractivity contribution in [3.63, 3.8) is 0 Å². The molecule has 0 aliphatic heterocycles. The van der Waals surface area contributed by atoms with E-state index in [-0.39, 0.29) is 18.2 Å². The van der Waals surface area contributed by atoms with E-state index in [1.165, 1.54) is 17.0 Å². The molecule has 0 aliphatic rings. The van der Waals surface area contributed by atoms with E-state index >= 15 is 0 Å². The van der Waals surface area contributed by atoms with Crippen molar-refractivity contribution >= 4 is 23.6 Å². The van der Waals surface area contributed by atoms with Gasteiger partial charge < -0.3 is 30.1 Å². The Morgan fingerprint density at radius 1 is 1.05 bits per heavy atom. The molecule has 9 heteroatoms. The average molecular weight is 542 g/mol. The van der Waals surface area contributed by atoms with Gasteiger partial charge in [0, 0.05) is 12.2 Å². The number of hydrogen-bond acceptors (Lipinski definition) is 6. The summed E-state index contributed by atoms with van der Waals surface area (Å²) >= 11 is 0. The van der Waals surface area contributed by atoms with Gasteiger partial charge in [-0.1, -0.05) is 45.7 Å². The Hall–Kier alpha value is -3.75. The quantitative estimate of drug-likeness (QED) is 0.320. The molecule has 214 valence electrons. The number of hydrogen-bond donors (Lipinski definition) is 3. The summed E-state index contributed by atoms with van der Waals surface area (Å²) in [6.45, 7) is 11.3. The first kappa shape index (κ1) is 31.5. The fourth-order valence-corrected chi connectivity index (χ4v) is 4.04. The van der Waals surface area contributed by atoms with Gasteiger partial charge in [-0.25, -0.2) is 4.79 Å². The molecule has 0 heterocycles. The van der Waals surface area contributed by atoms with Crippen molar-refractivity contribution in [1.82, 2.24) is 10.2 Å². The number of nitrogens with zero attached hydrogens (tertiary/aromatic N) is 1. The SMILES string of the molecule is CCCCN(C(=O)C(NC(=O)OC(C)(C)C)C(C)CC)C(C(=O)Nc1ccc(OC)cc1)c1cccc(O)c1. The Morgan fingerprint density at radius 2 is 1.72 bits per heavy atom. The van der Waals surface area contributed by atoms with Gasteiger partial charge in [-0.2, -0.15) is 0 Å². The molecule has 0 aliphatic carbocycles. The van der Waals surface area contributed by atoms with Crippen LogP contribution >= 0.6 is 0 Å². The molecule has 9 nitrogen and oxygen atoms in total. The second-order valence-electron chi connectivity index (χ2n) is 10.6. The lowest BCUT2D eigenvalue weighted by molar-refractivity contribution is -0.142. The maximum Gasteiger partial charge on any atom is 0.408 e. The number of unbranched alkanes of at least 4 members (excludes halogenated alkanes) is 1. The van der Waals surface area contributed by atoms with E-state index in [1.54, 1.807) is 64.3 Å². The number of benzene rings is 2. The first-order valence-corrected chi connectivity index (χ1v) is 13.4. The summed E-state index contributed by atoms with van der Waals surface area (Å²) in [4.78, 5) is 42.2. The van der Waals surface area contributed by atoms with Crippen molar-refractivity contribution in [3.8, 4) is 11.5 Å². The molecule has 39 heavy (non-hydrogen) atoms. The second kappa shape index (κ2) is 14.4. The van der Waals surface area contributed by atoms with Crippen molar-refractivity contribution in [2.24, 2.45) is 5.92 Å². The van der Waals surface area contributed by atoms with Crippen LogP contribution in [0.25, 0.3) is 0 Å². The average Bonchev–Trinajstić information content (AvgIpc) is 2.88. The van der Waals surface area contributed by atoms with Crippen molar-refractivity contribution in [2.45, 2.75) is 78.5 Å². The van der Waals surface area contributed by atoms with E-state index in [0.717, 1.165) is 6.42 Å². The molecule has 2 aromatic carbocycles. The number of amides is 3. The van der Waals surface area contributed by atoms with Crippen LogP contribution in [-0.4, -0.2) is 53.2 Å². The Kier molecular flexibility index (Phi) is 11.6. The van der Waals surface area contributed by atoms with Gasteiger partial charge >= 0.3 is 6.09 Å². The van der Waals surface area contributed by atoms with E-state index in [2.05, 4.69) is 10.6 Å². The molecule has 3 unspecified atom stereocenters. The summed E-state index contributed by atoms with van der Waals surface area (Å²) in [5.74, 6) is -0.467. The minimum absolute atomic E-state index is 0.0250. The number of phenolic OH excluding ortho intramolecular Hbond substituents is 1. The summed E-state index contributed by atoms with van der Waals surface area (Å²) in [5.41, 5.74) is 0.238. The molecule has 0 bridgehead atoms. The summed E-state index contributed by atoms with van der Waals surface area (Å²) in [6.07, 6.45) is 1.33. The highest BCUT2D eigenvalue weighted by molar-refractivity contribution is 5.99. The van der Waals surface area contributed by atoms with Crippen LogP contribution < -0.4 is 15.4 Å². The summed E-state index contributed by atoms with van der Waals surface area (Å²) in [7, 11) is 1.56. The van der Waals surface area contributed by atoms with Crippen LogP contribution in [0.5, 0.6) is 11.5 Å². The van der Waals surface area contributed by atoms with Crippen LogP contribution in [0.2, 0.25) is 0 Å². The minimum atomic E-state index is -1.06. The van der Waals surface area contributed by atoms with Gasteiger partial charge in [0.1, 0.15) is 29.2 Å². The predicted molar refractivity (Wildman–Crippen MR) is 152 cm³/mol. The molecule has 2 rings (SSSR count). The van der Waals surface area contributed by atoms with Gasteiger partial charge in [0.15, 0.2) is 0 Å². The van der Waals surface area contributed by atoms with Crippen molar-refractivity contribution in [3.05, 3.63) is 54.1 Å². The van der Waals surface area contributed by atoms with Crippen LogP contribution in [-0.2, 0) is 14.3 Å². The molecule has 0 spiro atoms. The van der Waals surface area contributed by atoms with Crippen LogP contribution in [0.15, 0.2) is 48.5 Å². The lowest BCUT2D eigenvalue weighted by atomic mass is 9.95. The Labute approximate surface area is 231 Å². The number of ether oxygens (including phenoxy) is 2. The molecule has 3 N–H and O–H groups in total. The molecule has 0 fully saturated rings. The highest BCUT2D eigenvalue weighted by atomic mass is 16.6. The van der Waals surface area contributed by atoms with Crippen molar-refractivity contribution in [2.75, 3.05) is 19.0 Å². The molecule has 3 amide bonds. The number of anilines is 1. The van der Waals surface area contributed by atoms with E-state index in [9.17, 15) is 19.5 Å². The molecule has 0 aromatic heterocycles. The van der Waals surface area contributed by atoms with E-state index < -0.39 is 35.6 Å². The molecule has 0 radical (unpaired) electrons. The Bertz CT molecular complexity index is 1100. The summed E-state index contributed by atoms with van der Waals surface area (Å²) in [6, 6.07) is 11.2. The number of phenols is 1. The zero-order chi connectivity index (χ0) is 29.2. The van der Waals surface area contributed by atoms with Gasteiger partial charge in [0.25, 0.3) is 5.91 Å². The third kappa shape index (κ3) is 9.50. The number of methoxy groups -OCH3 is 1. The third-order valence-electron chi connectivity index (χ3n) is 6.29. The van der Waals surface area contributed by atoms with Crippen LogP contribution in [0, 0.1) is 5.92 Å². The molecule has 0 saturated heterocycles. The standard InChI is InChI=1S/C30H43N3O6/c1-8-10-18-33(28(36)25(20(3)9-2)32-29(37)39-30(4,5)6)26(21-12-11-13-23(34)19-21)27(35)31-22-14-16-24(38-7)17-15-22/h11-17,19-20,25-26,34H,8-10,18H2,1-7H3,(H,31,35)(H,32,37). The molecule has 3 atom stereocenters. The molecule has 0 saturated carbocycles. The van der Waals surface area contributed by atoms with Crippen LogP contribution in [0.1, 0.15) is 72.4 Å². The fraction of sp³-hybridized carbons (Fsp3) is 0.500. The van der Waals surface area contributed by atoms with Crippen LogP contribution in [0.4, 0.5) is 10.5 Å². The number of nitrogens with one attached hydrogen (secondary N) is 2. The number of alkyl carbamates (subject to hydrolysis) is 1. The normalized spacial score (nSPS) is 13.5. The summed E-state index contributed by atoms with van der Waals surface area (Å²) < 4.78 is 10.6. The Morgan fingerprint density at radius 3 is 2.26 bits per heavy atom. The zero-order valence-electron chi connectivity index (χ0n) is 24.1. The summed E-state index contributed by atoms with van der Waals surface area (Å²) in [5, 5.41) is 15.9. The lowest BCUT2D eigenvalue weighted by Gasteiger charge is -2.36. The van der Waals surface area contributed by atoms with E-state index in [1.807, 2.05) is 20.8 Å². The van der Waals surface area contributed by atoms with E-state index in [4.69, 9.17) is 9.47 Å². The van der Waals surface area contributed by atoms with Crippen LogP contribution in [0.3, 0.4) is 0 Å². The third-order valence-corrected chi connectivity index (χ3v) is 6.29. The van der Waals surface area contributed by atoms with Gasteiger partial charge in [-0.05, 0) is 75.1 Å². The number of aromatic hydroxyl groups is 1. The lowest BCUT2D eigenvalue weighted by Crippen LogP contribution is -2.55. The fourth-order valence-electron chi connectivity index (χ4n) is 4.04. The molecular weight excluding hydrogens is 498 g/mol. The van der Waals surface area contributed by atoms with Gasteiger partial charge in [0.05, 0.1) is 7.11 Å². The number of carbonyl (C=O) groups is 3. The van der Waals surface area contributed by atoms with Gasteiger partial charge in [0.2, 0.25) is 5.91 Å². The highest BCUT2D eigenvalue weighted by Crippen LogP contribution is 2.29. The zero-order valence-corrected chi connectivity index (χ0v) is 24.1. The first-order valence-electron chi connectivity index (χ1n) is 13.4. The minimum Gasteiger partial charge on any atom is -0.508 e. The Balaban J connectivity index is 2.52. The van der Waals surface area contributed by atoms with Gasteiger partial charge in [-0.15, -0.1) is 0 Å². The van der Waals surface area contributed by atoms with Crippen molar-refractivity contribution < 1.29 is 29.0 Å². The van der Waals surface area contributed by atoms with Gasteiger partial charge in [-0.3, -0.25) is 9.59 Å². The number of rotatable bonds is 12.